The van der Waals surface area contributed by atoms with Crippen LogP contribution in [0, 0.1) is 0 Å². The number of hydrogen-bond donors (Lipinski definition) is 1. The Bertz CT molecular complexity index is 630. The fourth-order valence-electron chi connectivity index (χ4n) is 2.05. The third-order valence-electron chi connectivity index (χ3n) is 2.97. The predicted octanol–water partition coefficient (Wildman–Crippen LogP) is 3.99. The maximum atomic E-state index is 11.1. The van der Waals surface area contributed by atoms with E-state index in [4.69, 9.17) is 9.84 Å². The minimum Gasteiger partial charge on any atom is -0.494 e. The fourth-order valence-corrected chi connectivity index (χ4v) is 2.05. The average molecular weight is 282 g/mol. The topological polar surface area (TPSA) is 46.5 Å². The van der Waals surface area contributed by atoms with Gasteiger partial charge in [-0.05, 0) is 35.3 Å². The second-order valence-electron chi connectivity index (χ2n) is 4.64. The molecule has 3 nitrogen and oxygen atoms in total. The Labute approximate surface area is 124 Å². The van der Waals surface area contributed by atoms with Gasteiger partial charge in [0.05, 0.1) is 6.61 Å². The van der Waals surface area contributed by atoms with E-state index < -0.39 is 5.97 Å². The molecule has 0 aliphatic heterocycles. The molecule has 3 heteroatoms. The number of carbonyl (C=O) groups is 1. The van der Waals surface area contributed by atoms with E-state index in [0.717, 1.165) is 23.3 Å². The van der Waals surface area contributed by atoms with Crippen molar-refractivity contribution in [2.45, 2.75) is 13.3 Å². The lowest BCUT2D eigenvalue weighted by Gasteiger charge is -2.10. The Morgan fingerprint density at radius 2 is 1.81 bits per heavy atom. The van der Waals surface area contributed by atoms with Gasteiger partial charge in [0, 0.05) is 6.08 Å². The van der Waals surface area contributed by atoms with Crippen molar-refractivity contribution in [2.24, 2.45) is 0 Å². The van der Waals surface area contributed by atoms with Gasteiger partial charge in [-0.2, -0.15) is 0 Å². The number of carboxylic acid groups (broad SMARTS) is 1. The molecule has 0 saturated carbocycles. The molecule has 2 aromatic rings. The first-order valence-electron chi connectivity index (χ1n) is 6.94. The normalized spacial score (nSPS) is 11.2. The zero-order valence-electron chi connectivity index (χ0n) is 12.0. The van der Waals surface area contributed by atoms with Gasteiger partial charge in [-0.15, -0.1) is 0 Å². The minimum absolute atomic E-state index is 0.646. The zero-order chi connectivity index (χ0) is 15.1. The lowest BCUT2D eigenvalue weighted by Crippen LogP contribution is -1.97. The van der Waals surface area contributed by atoms with Crippen LogP contribution in [0.25, 0.3) is 5.57 Å². The molecule has 0 heterocycles. The Morgan fingerprint density at radius 1 is 1.10 bits per heavy atom. The first-order valence-corrected chi connectivity index (χ1v) is 6.94. The maximum absolute atomic E-state index is 11.1. The molecule has 0 spiro atoms. The lowest BCUT2D eigenvalue weighted by molar-refractivity contribution is -0.131. The average Bonchev–Trinajstić information content (AvgIpc) is 2.51. The second kappa shape index (κ2) is 7.29. The summed E-state index contributed by atoms with van der Waals surface area (Å²) in [6.45, 7) is 2.69. The van der Waals surface area contributed by atoms with Crippen LogP contribution in [0.3, 0.4) is 0 Å². The van der Waals surface area contributed by atoms with Crippen molar-refractivity contribution in [1.29, 1.82) is 0 Å². The van der Waals surface area contributed by atoms with Gasteiger partial charge in [0.1, 0.15) is 5.75 Å². The van der Waals surface area contributed by atoms with Gasteiger partial charge in [0.2, 0.25) is 0 Å². The molecule has 0 amide bonds. The summed E-state index contributed by atoms with van der Waals surface area (Å²) in [5, 5.41) is 9.11. The van der Waals surface area contributed by atoms with Crippen molar-refractivity contribution in [3.8, 4) is 5.75 Å². The summed E-state index contributed by atoms with van der Waals surface area (Å²) >= 11 is 0. The first-order chi connectivity index (χ1) is 10.2. The van der Waals surface area contributed by atoms with Gasteiger partial charge >= 0.3 is 5.97 Å². The van der Waals surface area contributed by atoms with Crippen LogP contribution >= 0.6 is 0 Å². The quantitative estimate of drug-likeness (QED) is 0.815. The van der Waals surface area contributed by atoms with Crippen molar-refractivity contribution in [2.75, 3.05) is 6.61 Å². The number of rotatable bonds is 6. The molecule has 2 rings (SSSR count). The largest absolute Gasteiger partial charge is 0.494 e. The van der Waals surface area contributed by atoms with Crippen LogP contribution in [0.1, 0.15) is 24.5 Å². The van der Waals surface area contributed by atoms with E-state index in [1.807, 2.05) is 61.5 Å². The van der Waals surface area contributed by atoms with Crippen LogP contribution in [-0.2, 0) is 4.79 Å². The van der Waals surface area contributed by atoms with Crippen LogP contribution in [0.2, 0.25) is 0 Å². The molecular weight excluding hydrogens is 264 g/mol. The molecule has 0 fully saturated rings. The number of ether oxygens (including phenoxy) is 1. The Hall–Kier alpha value is -2.55. The summed E-state index contributed by atoms with van der Waals surface area (Å²) in [6.07, 6.45) is 2.16. The Balaban J connectivity index is 2.40. The molecule has 0 radical (unpaired) electrons. The van der Waals surface area contributed by atoms with E-state index in [-0.39, 0.29) is 0 Å². The molecule has 0 aliphatic rings. The van der Waals surface area contributed by atoms with Gasteiger partial charge < -0.3 is 9.84 Å². The molecular formula is C18H18O3. The van der Waals surface area contributed by atoms with Crippen molar-refractivity contribution in [3.05, 3.63) is 71.8 Å². The molecule has 2 aromatic carbocycles. The number of hydrogen-bond acceptors (Lipinski definition) is 2. The van der Waals surface area contributed by atoms with Gasteiger partial charge in [0.15, 0.2) is 0 Å². The van der Waals surface area contributed by atoms with Crippen LogP contribution in [-0.4, -0.2) is 17.7 Å². The van der Waals surface area contributed by atoms with E-state index >= 15 is 0 Å². The van der Waals surface area contributed by atoms with E-state index in [9.17, 15) is 4.79 Å². The van der Waals surface area contributed by atoms with Gasteiger partial charge in [-0.3, -0.25) is 0 Å². The summed E-state index contributed by atoms with van der Waals surface area (Å²) in [6, 6.07) is 17.0. The van der Waals surface area contributed by atoms with Crippen molar-refractivity contribution < 1.29 is 14.6 Å². The number of carboxylic acids is 1. The summed E-state index contributed by atoms with van der Waals surface area (Å²) < 4.78 is 5.61. The van der Waals surface area contributed by atoms with Gasteiger partial charge in [-0.25, -0.2) is 4.79 Å². The number of benzene rings is 2. The van der Waals surface area contributed by atoms with Gasteiger partial charge in [-0.1, -0.05) is 49.4 Å². The van der Waals surface area contributed by atoms with Crippen molar-refractivity contribution in [3.63, 3.8) is 0 Å². The fraction of sp³-hybridized carbons (Fsp3) is 0.167. The molecule has 0 unspecified atom stereocenters. The van der Waals surface area contributed by atoms with Gasteiger partial charge in [0.25, 0.3) is 0 Å². The van der Waals surface area contributed by atoms with Crippen molar-refractivity contribution >= 4 is 11.5 Å². The minimum atomic E-state index is -0.964. The molecule has 0 bridgehead atoms. The Morgan fingerprint density at radius 3 is 2.48 bits per heavy atom. The van der Waals surface area contributed by atoms with Crippen LogP contribution < -0.4 is 4.74 Å². The number of aliphatic carboxylic acids is 1. The van der Waals surface area contributed by atoms with E-state index in [0.29, 0.717) is 12.2 Å². The summed E-state index contributed by atoms with van der Waals surface area (Å²) in [7, 11) is 0. The van der Waals surface area contributed by atoms with E-state index in [1.54, 1.807) is 0 Å². The third kappa shape index (κ3) is 4.21. The van der Waals surface area contributed by atoms with E-state index in [2.05, 4.69) is 0 Å². The van der Waals surface area contributed by atoms with E-state index in [1.165, 1.54) is 6.08 Å². The molecule has 0 saturated heterocycles. The molecule has 108 valence electrons. The van der Waals surface area contributed by atoms with Crippen LogP contribution in [0.5, 0.6) is 5.75 Å². The summed E-state index contributed by atoms with van der Waals surface area (Å²) in [4.78, 5) is 11.1. The smallest absolute Gasteiger partial charge is 0.328 e. The highest BCUT2D eigenvalue weighted by atomic mass is 16.5. The Kier molecular flexibility index (Phi) is 5.16. The standard InChI is InChI=1S/C18H18O3/c1-2-11-21-16-10-6-9-15(12-16)17(13-18(19)20)14-7-4-3-5-8-14/h3-10,12-13H,2,11H2,1H3,(H,19,20)/b17-13+. The molecule has 0 aliphatic carbocycles. The molecule has 21 heavy (non-hydrogen) atoms. The lowest BCUT2D eigenvalue weighted by atomic mass is 9.97. The first kappa shape index (κ1) is 14.9. The highest BCUT2D eigenvalue weighted by Crippen LogP contribution is 2.26. The predicted molar refractivity (Wildman–Crippen MR) is 83.4 cm³/mol. The highest BCUT2D eigenvalue weighted by Gasteiger charge is 2.08. The molecule has 0 atom stereocenters. The van der Waals surface area contributed by atoms with Crippen LogP contribution in [0.4, 0.5) is 0 Å². The summed E-state index contributed by atoms with van der Waals surface area (Å²) in [5.74, 6) is -0.213. The highest BCUT2D eigenvalue weighted by molar-refractivity contribution is 5.95. The summed E-state index contributed by atoms with van der Waals surface area (Å²) in [5.41, 5.74) is 2.37. The third-order valence-corrected chi connectivity index (χ3v) is 2.97. The second-order valence-corrected chi connectivity index (χ2v) is 4.64. The maximum Gasteiger partial charge on any atom is 0.328 e. The molecule has 1 N–H and O–H groups in total. The van der Waals surface area contributed by atoms with Crippen LogP contribution in [0.15, 0.2) is 60.7 Å². The SMILES string of the molecule is CCCOc1cccc(/C(=C/C(=O)O)c2ccccc2)c1. The van der Waals surface area contributed by atoms with Crippen molar-refractivity contribution in [1.82, 2.24) is 0 Å². The molecule has 0 aromatic heterocycles. The monoisotopic (exact) mass is 282 g/mol. The zero-order valence-corrected chi connectivity index (χ0v) is 12.0.